The highest BCUT2D eigenvalue weighted by Gasteiger charge is 2.55. The van der Waals surface area contributed by atoms with Crippen LogP contribution >= 0.6 is 0 Å². The standard InChI is InChI=1S/C14H18N2O2/c1-13(2)11(10-8-6-5-7-9-10)14(3,16-15-13)12(17)18-4/h5-9,11H,1-4H3/t11-,14-/m0/s1. The fourth-order valence-corrected chi connectivity index (χ4v) is 2.78. The Morgan fingerprint density at radius 2 is 1.78 bits per heavy atom. The van der Waals surface area contributed by atoms with Crippen molar-refractivity contribution in [3.63, 3.8) is 0 Å². The molecular formula is C14H18N2O2. The lowest BCUT2D eigenvalue weighted by atomic mass is 9.72. The second-order valence-corrected chi connectivity index (χ2v) is 5.34. The van der Waals surface area contributed by atoms with E-state index in [1.807, 2.05) is 44.2 Å². The Bertz CT molecular complexity index is 482. The molecule has 1 aliphatic heterocycles. The third-order valence-corrected chi connectivity index (χ3v) is 3.52. The summed E-state index contributed by atoms with van der Waals surface area (Å²) in [6, 6.07) is 9.88. The van der Waals surface area contributed by atoms with E-state index in [2.05, 4.69) is 10.2 Å². The number of hydrogen-bond donors (Lipinski definition) is 0. The maximum Gasteiger partial charge on any atom is 0.336 e. The van der Waals surface area contributed by atoms with Crippen LogP contribution in [0.3, 0.4) is 0 Å². The average Bonchev–Trinajstić information content (AvgIpc) is 2.61. The minimum atomic E-state index is -0.945. The van der Waals surface area contributed by atoms with Gasteiger partial charge in [0.25, 0.3) is 0 Å². The molecule has 1 aliphatic rings. The summed E-state index contributed by atoms with van der Waals surface area (Å²) >= 11 is 0. The molecular weight excluding hydrogens is 228 g/mol. The third-order valence-electron chi connectivity index (χ3n) is 3.52. The summed E-state index contributed by atoms with van der Waals surface area (Å²) in [4.78, 5) is 12.0. The summed E-state index contributed by atoms with van der Waals surface area (Å²) in [7, 11) is 1.39. The smallest absolute Gasteiger partial charge is 0.336 e. The van der Waals surface area contributed by atoms with Crippen LogP contribution in [-0.2, 0) is 9.53 Å². The number of rotatable bonds is 2. The Balaban J connectivity index is 2.50. The Morgan fingerprint density at radius 1 is 1.17 bits per heavy atom. The van der Waals surface area contributed by atoms with Crippen molar-refractivity contribution in [2.24, 2.45) is 10.2 Å². The fourth-order valence-electron chi connectivity index (χ4n) is 2.78. The van der Waals surface area contributed by atoms with E-state index in [-0.39, 0.29) is 11.9 Å². The fraction of sp³-hybridized carbons (Fsp3) is 0.500. The van der Waals surface area contributed by atoms with Crippen LogP contribution < -0.4 is 0 Å². The van der Waals surface area contributed by atoms with Crippen molar-refractivity contribution in [3.8, 4) is 0 Å². The molecule has 96 valence electrons. The molecule has 0 bridgehead atoms. The molecule has 0 spiro atoms. The predicted octanol–water partition coefficient (Wildman–Crippen LogP) is 2.95. The predicted molar refractivity (Wildman–Crippen MR) is 68.5 cm³/mol. The van der Waals surface area contributed by atoms with Crippen LogP contribution in [0.5, 0.6) is 0 Å². The van der Waals surface area contributed by atoms with Crippen molar-refractivity contribution in [1.82, 2.24) is 0 Å². The molecule has 0 aliphatic carbocycles. The Kier molecular flexibility index (Phi) is 2.97. The van der Waals surface area contributed by atoms with Gasteiger partial charge in [0, 0.05) is 5.92 Å². The van der Waals surface area contributed by atoms with Crippen LogP contribution in [0, 0.1) is 0 Å². The number of nitrogens with zero attached hydrogens (tertiary/aromatic N) is 2. The summed E-state index contributed by atoms with van der Waals surface area (Å²) in [6.07, 6.45) is 0. The van der Waals surface area contributed by atoms with Gasteiger partial charge in [0.05, 0.1) is 12.6 Å². The molecule has 1 aromatic carbocycles. The first kappa shape index (κ1) is 12.7. The molecule has 0 saturated heterocycles. The van der Waals surface area contributed by atoms with Gasteiger partial charge < -0.3 is 4.74 Å². The molecule has 0 saturated carbocycles. The van der Waals surface area contributed by atoms with Crippen LogP contribution in [-0.4, -0.2) is 24.2 Å². The van der Waals surface area contributed by atoms with Gasteiger partial charge in [-0.15, -0.1) is 0 Å². The van der Waals surface area contributed by atoms with Crippen molar-refractivity contribution in [2.45, 2.75) is 37.8 Å². The monoisotopic (exact) mass is 246 g/mol. The second-order valence-electron chi connectivity index (χ2n) is 5.34. The lowest BCUT2D eigenvalue weighted by molar-refractivity contribution is -0.147. The highest BCUT2D eigenvalue weighted by Crippen LogP contribution is 2.48. The first-order valence-electron chi connectivity index (χ1n) is 5.99. The maximum absolute atomic E-state index is 12.0. The average molecular weight is 246 g/mol. The minimum absolute atomic E-state index is 0.112. The van der Waals surface area contributed by atoms with Crippen LogP contribution in [0.15, 0.2) is 40.6 Å². The summed E-state index contributed by atoms with van der Waals surface area (Å²) in [5.74, 6) is -0.454. The lowest BCUT2D eigenvalue weighted by Gasteiger charge is -2.32. The highest BCUT2D eigenvalue weighted by atomic mass is 16.5. The Morgan fingerprint density at radius 3 is 2.33 bits per heavy atom. The molecule has 0 radical (unpaired) electrons. The van der Waals surface area contributed by atoms with Crippen LogP contribution in [0.2, 0.25) is 0 Å². The largest absolute Gasteiger partial charge is 0.467 e. The normalized spacial score (nSPS) is 29.2. The van der Waals surface area contributed by atoms with Crippen LogP contribution in [0.1, 0.15) is 32.3 Å². The molecule has 4 heteroatoms. The van der Waals surface area contributed by atoms with Gasteiger partial charge in [0.1, 0.15) is 0 Å². The van der Waals surface area contributed by atoms with Crippen molar-refractivity contribution in [2.75, 3.05) is 7.11 Å². The zero-order valence-corrected chi connectivity index (χ0v) is 11.2. The Labute approximate surface area is 107 Å². The number of hydrogen-bond acceptors (Lipinski definition) is 4. The molecule has 2 rings (SSSR count). The quantitative estimate of drug-likeness (QED) is 0.753. The van der Waals surface area contributed by atoms with E-state index < -0.39 is 11.1 Å². The summed E-state index contributed by atoms with van der Waals surface area (Å²) < 4.78 is 4.89. The first-order chi connectivity index (χ1) is 8.42. The zero-order chi connectivity index (χ0) is 13.4. The molecule has 0 fully saturated rings. The van der Waals surface area contributed by atoms with E-state index in [9.17, 15) is 4.79 Å². The molecule has 4 nitrogen and oxygen atoms in total. The SMILES string of the molecule is COC(=O)[C@@]1(C)N=NC(C)(C)[C@@H]1c1ccccc1. The van der Waals surface area contributed by atoms with E-state index >= 15 is 0 Å². The van der Waals surface area contributed by atoms with Gasteiger partial charge in [0.2, 0.25) is 0 Å². The van der Waals surface area contributed by atoms with E-state index in [0.29, 0.717) is 0 Å². The number of benzene rings is 1. The van der Waals surface area contributed by atoms with E-state index in [1.165, 1.54) is 7.11 Å². The Hall–Kier alpha value is -1.71. The van der Waals surface area contributed by atoms with E-state index in [0.717, 1.165) is 5.56 Å². The number of esters is 1. The molecule has 0 amide bonds. The van der Waals surface area contributed by atoms with Gasteiger partial charge in [-0.2, -0.15) is 10.2 Å². The van der Waals surface area contributed by atoms with Crippen molar-refractivity contribution >= 4 is 5.97 Å². The van der Waals surface area contributed by atoms with Crippen LogP contribution in [0.4, 0.5) is 0 Å². The second kappa shape index (κ2) is 4.19. The van der Waals surface area contributed by atoms with E-state index in [4.69, 9.17) is 4.74 Å². The van der Waals surface area contributed by atoms with Gasteiger partial charge in [-0.25, -0.2) is 4.79 Å². The maximum atomic E-state index is 12.0. The zero-order valence-electron chi connectivity index (χ0n) is 11.2. The minimum Gasteiger partial charge on any atom is -0.467 e. The van der Waals surface area contributed by atoms with Gasteiger partial charge in [-0.3, -0.25) is 0 Å². The molecule has 18 heavy (non-hydrogen) atoms. The highest BCUT2D eigenvalue weighted by molar-refractivity contribution is 5.82. The summed E-state index contributed by atoms with van der Waals surface area (Å²) in [5, 5.41) is 8.47. The first-order valence-corrected chi connectivity index (χ1v) is 5.99. The van der Waals surface area contributed by atoms with Gasteiger partial charge in [0.15, 0.2) is 5.54 Å². The number of carbonyl (C=O) groups is 1. The molecule has 1 aromatic rings. The van der Waals surface area contributed by atoms with Crippen molar-refractivity contribution < 1.29 is 9.53 Å². The molecule has 2 atom stereocenters. The third kappa shape index (κ3) is 1.82. The molecule has 0 N–H and O–H groups in total. The van der Waals surface area contributed by atoms with Crippen molar-refractivity contribution in [1.29, 1.82) is 0 Å². The topological polar surface area (TPSA) is 51.0 Å². The number of ether oxygens (including phenoxy) is 1. The number of carbonyl (C=O) groups excluding carboxylic acids is 1. The van der Waals surface area contributed by atoms with Crippen LogP contribution in [0.25, 0.3) is 0 Å². The number of azo groups is 1. The molecule has 1 heterocycles. The molecule has 0 aromatic heterocycles. The molecule has 0 unspecified atom stereocenters. The van der Waals surface area contributed by atoms with Gasteiger partial charge in [-0.05, 0) is 26.3 Å². The van der Waals surface area contributed by atoms with Crippen molar-refractivity contribution in [3.05, 3.63) is 35.9 Å². The van der Waals surface area contributed by atoms with E-state index in [1.54, 1.807) is 6.92 Å². The lowest BCUT2D eigenvalue weighted by Crippen LogP contribution is -2.44. The van der Waals surface area contributed by atoms with Gasteiger partial charge >= 0.3 is 5.97 Å². The summed E-state index contributed by atoms with van der Waals surface area (Å²) in [5.41, 5.74) is -0.301. The van der Waals surface area contributed by atoms with Gasteiger partial charge in [-0.1, -0.05) is 30.3 Å². The number of methoxy groups -OCH3 is 1. The summed E-state index contributed by atoms with van der Waals surface area (Å²) in [6.45, 7) is 5.76.